The number of hydrogen-bond acceptors (Lipinski definition) is 2. The number of aliphatic imine (C=N–C) groups is 1. The first-order chi connectivity index (χ1) is 31.4. The molecule has 64 heavy (non-hydrogen) atoms. The molecule has 10 aromatic carbocycles. The van der Waals surface area contributed by atoms with E-state index in [1.165, 1.54) is 91.6 Å². The predicted molar refractivity (Wildman–Crippen MR) is 276 cm³/mol. The van der Waals surface area contributed by atoms with Crippen LogP contribution in [0.2, 0.25) is 0 Å². The van der Waals surface area contributed by atoms with Gasteiger partial charge in [0.05, 0.1) is 5.71 Å². The molecule has 0 amide bonds. The second-order valence-electron chi connectivity index (χ2n) is 17.4. The maximum atomic E-state index is 9.10. The molecule has 12 rings (SSSR count). The summed E-state index contributed by atoms with van der Waals surface area (Å²) in [6.07, 6.45) is 4.28. The lowest BCUT2D eigenvalue weighted by Crippen LogP contribution is -2.15. The fraction of sp³-hybridized carbons (Fsp3) is 0.0492. The summed E-state index contributed by atoms with van der Waals surface area (Å²) in [5.41, 5.74) is 13.9. The van der Waals surface area contributed by atoms with Crippen molar-refractivity contribution < 1.29 is 0 Å². The molecule has 1 N–H and O–H groups in total. The van der Waals surface area contributed by atoms with Gasteiger partial charge in [0.1, 0.15) is 0 Å². The Labute approximate surface area is 376 Å². The van der Waals surface area contributed by atoms with Gasteiger partial charge in [-0.3, -0.25) is 5.41 Å². The Morgan fingerprint density at radius 1 is 0.500 bits per heavy atom. The van der Waals surface area contributed by atoms with E-state index in [9.17, 15) is 0 Å². The zero-order chi connectivity index (χ0) is 42.9. The molecule has 1 aliphatic rings. The summed E-state index contributed by atoms with van der Waals surface area (Å²) in [7, 11) is 0. The van der Waals surface area contributed by atoms with E-state index in [-0.39, 0.29) is 11.3 Å². The number of benzene rings is 10. The summed E-state index contributed by atoms with van der Waals surface area (Å²) in [5.74, 6) is 0.231. The monoisotopic (exact) mass is 834 g/mol. The minimum absolute atomic E-state index is 0.114. The van der Waals surface area contributed by atoms with Gasteiger partial charge in [0, 0.05) is 36.7 Å². The molecule has 0 saturated heterocycles. The number of nitrogens with one attached hydrogen (secondary N) is 1. The largest absolute Gasteiger partial charge is 0.282 e. The van der Waals surface area contributed by atoms with E-state index in [0.29, 0.717) is 0 Å². The normalized spacial score (nSPS) is 13.4. The Morgan fingerprint density at radius 2 is 1.11 bits per heavy atom. The van der Waals surface area contributed by atoms with Crippen molar-refractivity contribution in [2.75, 3.05) is 0 Å². The molecule has 0 bridgehead atoms. The third kappa shape index (κ3) is 6.07. The molecule has 0 radical (unpaired) electrons. The first-order valence-corrected chi connectivity index (χ1v) is 22.8. The fourth-order valence-electron chi connectivity index (χ4n) is 10.3. The van der Waals surface area contributed by atoms with Crippen LogP contribution in [0.4, 0.5) is 0 Å². The van der Waals surface area contributed by atoms with Crippen LogP contribution < -0.4 is 0 Å². The molecule has 0 saturated carbocycles. The van der Waals surface area contributed by atoms with Crippen molar-refractivity contribution in [1.82, 2.24) is 0 Å². The molecule has 11 aromatic rings. The zero-order valence-corrected chi connectivity index (χ0v) is 36.4. The minimum Gasteiger partial charge on any atom is -0.282 e. The van der Waals surface area contributed by atoms with Gasteiger partial charge < -0.3 is 0 Å². The van der Waals surface area contributed by atoms with Gasteiger partial charge in [-0.25, -0.2) is 4.99 Å². The van der Waals surface area contributed by atoms with Gasteiger partial charge in [0.25, 0.3) is 0 Å². The lowest BCUT2D eigenvalue weighted by atomic mass is 9.81. The van der Waals surface area contributed by atoms with Gasteiger partial charge >= 0.3 is 0 Å². The molecule has 3 heteroatoms. The van der Waals surface area contributed by atoms with E-state index in [1.807, 2.05) is 30.3 Å². The van der Waals surface area contributed by atoms with Gasteiger partial charge in [0.2, 0.25) is 0 Å². The van der Waals surface area contributed by atoms with Crippen molar-refractivity contribution in [3.8, 4) is 33.4 Å². The summed E-state index contributed by atoms with van der Waals surface area (Å²) in [5, 5.41) is 18.9. The SMILES string of the molecule is CC1(C)c2cc(-c3ccc(-c4ccc(/C=C/C(=NC(=N)c5ccccc5)c5cccc6sc7ccccc7c56)c5ccccc45)c4ccccc34)ccc2-c2c1ccc1ccccc21. The summed E-state index contributed by atoms with van der Waals surface area (Å²) >= 11 is 1.79. The topological polar surface area (TPSA) is 36.2 Å². The van der Waals surface area contributed by atoms with Crippen molar-refractivity contribution in [3.05, 3.63) is 234 Å². The van der Waals surface area contributed by atoms with E-state index >= 15 is 0 Å². The Balaban J connectivity index is 0.961. The maximum absolute atomic E-state index is 9.10. The molecule has 1 aliphatic carbocycles. The second kappa shape index (κ2) is 15.0. The first-order valence-electron chi connectivity index (χ1n) is 22.0. The summed E-state index contributed by atoms with van der Waals surface area (Å²) in [6.45, 7) is 4.74. The Kier molecular flexibility index (Phi) is 8.89. The molecular formula is C61H42N2S. The van der Waals surface area contributed by atoms with Crippen molar-refractivity contribution in [3.63, 3.8) is 0 Å². The predicted octanol–water partition coefficient (Wildman–Crippen LogP) is 16.7. The van der Waals surface area contributed by atoms with Crippen molar-refractivity contribution in [2.24, 2.45) is 4.99 Å². The summed E-state index contributed by atoms with van der Waals surface area (Å²) in [4.78, 5) is 5.05. The van der Waals surface area contributed by atoms with Crippen LogP contribution in [0, 0.1) is 5.41 Å². The Bertz CT molecular complexity index is 3770. The highest BCUT2D eigenvalue weighted by atomic mass is 32.1. The molecule has 1 aromatic heterocycles. The number of allylic oxidation sites excluding steroid dienone is 1. The van der Waals surface area contributed by atoms with Crippen LogP contribution in [0.25, 0.3) is 91.9 Å². The number of thiophene rings is 1. The number of rotatable bonds is 6. The van der Waals surface area contributed by atoms with E-state index < -0.39 is 0 Å². The van der Waals surface area contributed by atoms with Gasteiger partial charge in [-0.15, -0.1) is 11.3 Å². The minimum atomic E-state index is -0.114. The van der Waals surface area contributed by atoms with Gasteiger partial charge in [-0.1, -0.05) is 202 Å². The summed E-state index contributed by atoms with van der Waals surface area (Å²) < 4.78 is 2.45. The molecule has 0 atom stereocenters. The van der Waals surface area contributed by atoms with Crippen LogP contribution >= 0.6 is 11.3 Å². The smallest absolute Gasteiger partial charge is 0.152 e. The first kappa shape index (κ1) is 38.0. The molecule has 2 nitrogen and oxygen atoms in total. The lowest BCUT2D eigenvalue weighted by molar-refractivity contribution is 0.661. The molecule has 0 unspecified atom stereocenters. The zero-order valence-electron chi connectivity index (χ0n) is 35.6. The Morgan fingerprint density at radius 3 is 1.91 bits per heavy atom. The Hall–Kier alpha value is -7.72. The lowest BCUT2D eigenvalue weighted by Gasteiger charge is -2.22. The van der Waals surface area contributed by atoms with Crippen LogP contribution in [-0.2, 0) is 5.41 Å². The van der Waals surface area contributed by atoms with Crippen LogP contribution in [0.15, 0.2) is 211 Å². The third-order valence-corrected chi connectivity index (χ3v) is 14.6. The molecule has 302 valence electrons. The van der Waals surface area contributed by atoms with Crippen LogP contribution in [0.3, 0.4) is 0 Å². The van der Waals surface area contributed by atoms with Gasteiger partial charge in [0.15, 0.2) is 5.84 Å². The standard InChI is InChI=1S/C61H42N2S/c1-61(2)53-35-29-38-15-6-7-19-44(38)58(53)50-32-28-41(37-54(50)61)43-33-34-49(47-22-11-10-21-46(43)47)48-31-27-39(42-18-8-9-20-45(42)48)30-36-55(63-60(62)40-16-4-3-5-17-40)51-24-14-26-57-59(51)52-23-12-13-25-56(52)64-57/h3-37,62H,1-2H3/b36-30+,62-60?,63-55?. The average Bonchev–Trinajstić information content (AvgIpc) is 3.84. The maximum Gasteiger partial charge on any atom is 0.152 e. The number of amidine groups is 1. The van der Waals surface area contributed by atoms with Crippen molar-refractivity contribution in [1.29, 1.82) is 5.41 Å². The van der Waals surface area contributed by atoms with Crippen molar-refractivity contribution in [2.45, 2.75) is 19.3 Å². The molecule has 0 fully saturated rings. The van der Waals surface area contributed by atoms with Crippen molar-refractivity contribution >= 4 is 81.4 Å². The molecule has 0 aliphatic heterocycles. The van der Waals surface area contributed by atoms with E-state index in [2.05, 4.69) is 196 Å². The highest BCUT2D eigenvalue weighted by molar-refractivity contribution is 7.25. The third-order valence-electron chi connectivity index (χ3n) is 13.4. The summed E-state index contributed by atoms with van der Waals surface area (Å²) in [6, 6.07) is 72.1. The quantitative estimate of drug-likeness (QED) is 0.128. The van der Waals surface area contributed by atoms with Crippen LogP contribution in [-0.4, -0.2) is 11.5 Å². The van der Waals surface area contributed by atoms with Gasteiger partial charge in [-0.2, -0.15) is 0 Å². The van der Waals surface area contributed by atoms with E-state index in [0.717, 1.165) is 27.8 Å². The molecular weight excluding hydrogens is 793 g/mol. The number of fused-ring (bicyclic) bond motifs is 10. The van der Waals surface area contributed by atoms with E-state index in [1.54, 1.807) is 11.3 Å². The van der Waals surface area contributed by atoms with Crippen LogP contribution in [0.5, 0.6) is 0 Å². The molecule has 0 spiro atoms. The van der Waals surface area contributed by atoms with Gasteiger partial charge in [-0.05, 0) is 107 Å². The van der Waals surface area contributed by atoms with E-state index in [4.69, 9.17) is 10.4 Å². The van der Waals surface area contributed by atoms with Crippen LogP contribution in [0.1, 0.15) is 41.7 Å². The highest BCUT2D eigenvalue weighted by Crippen LogP contribution is 2.52. The number of hydrogen-bond donors (Lipinski definition) is 1. The fourth-order valence-corrected chi connectivity index (χ4v) is 11.4. The number of nitrogens with zero attached hydrogens (tertiary/aromatic N) is 1. The average molecular weight is 835 g/mol. The highest BCUT2D eigenvalue weighted by Gasteiger charge is 2.36. The second-order valence-corrected chi connectivity index (χ2v) is 18.5. The molecule has 1 heterocycles.